The summed E-state index contributed by atoms with van der Waals surface area (Å²) in [5, 5.41) is 0. The number of nitrogens with two attached hydrogens (primary N) is 2. The van der Waals surface area contributed by atoms with Crippen LogP contribution in [0.2, 0.25) is 0 Å². The fraction of sp³-hybridized carbons (Fsp3) is 0.778. The molecule has 17 heavy (non-hydrogen) atoms. The molecule has 1 atom stereocenters. The van der Waals surface area contributed by atoms with E-state index in [-0.39, 0.29) is 19.0 Å². The Labute approximate surface area is 105 Å². The quantitative estimate of drug-likeness (QED) is 0.197. The topological polar surface area (TPSA) is 114 Å². The van der Waals surface area contributed by atoms with E-state index in [4.69, 9.17) is 20.9 Å². The average Bonchev–Trinajstić information content (AvgIpc) is 2.32. The summed E-state index contributed by atoms with van der Waals surface area (Å²) < 4.78 is 14.3. The largest absolute Gasteiger partial charge is 0.390 e. The Morgan fingerprint density at radius 1 is 1.18 bits per heavy atom. The maximum Gasteiger partial charge on any atom is 0.339 e. The Morgan fingerprint density at radius 2 is 1.82 bits per heavy atom. The second-order valence-corrected chi connectivity index (χ2v) is 3.40. The number of thiol groups is 1. The zero-order valence-corrected chi connectivity index (χ0v) is 10.4. The predicted octanol–water partition coefficient (Wildman–Crippen LogP) is -1.69. The third kappa shape index (κ3) is 9.07. The number of rotatable bonds is 9. The summed E-state index contributed by atoms with van der Waals surface area (Å²) in [5.41, 5.74) is 10.5. The van der Waals surface area contributed by atoms with Gasteiger partial charge in [-0.15, -0.1) is 0 Å². The van der Waals surface area contributed by atoms with E-state index in [9.17, 15) is 9.59 Å². The van der Waals surface area contributed by atoms with Gasteiger partial charge in [-0.25, -0.2) is 9.59 Å². The van der Waals surface area contributed by atoms with E-state index in [2.05, 4.69) is 17.4 Å². The normalized spacial score (nSPS) is 12.2. The van der Waals surface area contributed by atoms with Gasteiger partial charge in [-0.3, -0.25) is 0 Å². The highest BCUT2D eigenvalue weighted by atomic mass is 32.1. The molecule has 100 valence electrons. The van der Waals surface area contributed by atoms with Crippen LogP contribution in [0.5, 0.6) is 0 Å². The molecular weight excluding hydrogens is 248 g/mol. The van der Waals surface area contributed by atoms with Crippen molar-refractivity contribution in [2.24, 2.45) is 11.5 Å². The fourth-order valence-corrected chi connectivity index (χ4v) is 0.900. The van der Waals surface area contributed by atoms with Crippen LogP contribution in [-0.2, 0) is 23.8 Å². The minimum atomic E-state index is -0.907. The van der Waals surface area contributed by atoms with Gasteiger partial charge in [-0.1, -0.05) is 0 Å². The number of ether oxygens (including phenoxy) is 3. The molecule has 0 aromatic carbocycles. The summed E-state index contributed by atoms with van der Waals surface area (Å²) in [6, 6.07) is -0.907. The summed E-state index contributed by atoms with van der Waals surface area (Å²) in [4.78, 5) is 22.1. The third-order valence-corrected chi connectivity index (χ3v) is 1.96. The highest BCUT2D eigenvalue weighted by Crippen LogP contribution is 1.90. The van der Waals surface area contributed by atoms with Gasteiger partial charge in [0, 0.05) is 12.3 Å². The van der Waals surface area contributed by atoms with E-state index < -0.39 is 18.0 Å². The average molecular weight is 266 g/mol. The Bertz CT molecular complexity index is 239. The van der Waals surface area contributed by atoms with Crippen LogP contribution in [-0.4, -0.2) is 56.7 Å². The zero-order valence-electron chi connectivity index (χ0n) is 9.46. The van der Waals surface area contributed by atoms with Gasteiger partial charge in [0.05, 0.1) is 19.8 Å². The molecule has 7 nitrogen and oxygen atoms in total. The first-order valence-corrected chi connectivity index (χ1v) is 5.71. The molecule has 0 aromatic rings. The fourth-order valence-electron chi connectivity index (χ4n) is 0.751. The van der Waals surface area contributed by atoms with Gasteiger partial charge in [-0.05, 0) is 0 Å². The molecule has 0 aromatic heterocycles. The van der Waals surface area contributed by atoms with E-state index in [1.165, 1.54) is 0 Å². The lowest BCUT2D eigenvalue weighted by atomic mass is 10.4. The van der Waals surface area contributed by atoms with E-state index >= 15 is 0 Å². The van der Waals surface area contributed by atoms with E-state index in [1.807, 2.05) is 0 Å². The minimum absolute atomic E-state index is 0.111. The number of hydrogen-bond acceptors (Lipinski definition) is 8. The Morgan fingerprint density at radius 3 is 2.41 bits per heavy atom. The van der Waals surface area contributed by atoms with Crippen LogP contribution in [0.15, 0.2) is 0 Å². The molecule has 0 aliphatic rings. The highest BCUT2D eigenvalue weighted by molar-refractivity contribution is 7.80. The molecule has 0 fully saturated rings. The molecule has 0 saturated carbocycles. The lowest BCUT2D eigenvalue weighted by molar-refractivity contribution is -0.163. The van der Waals surface area contributed by atoms with Gasteiger partial charge in [0.15, 0.2) is 0 Å². The highest BCUT2D eigenvalue weighted by Gasteiger charge is 2.17. The Kier molecular flexibility index (Phi) is 10.1. The van der Waals surface area contributed by atoms with Crippen LogP contribution in [0.1, 0.15) is 0 Å². The first-order chi connectivity index (χ1) is 8.11. The minimum Gasteiger partial charge on any atom is -0.390 e. The molecule has 0 unspecified atom stereocenters. The number of hydrogen-bond donors (Lipinski definition) is 3. The lowest BCUT2D eigenvalue weighted by Gasteiger charge is -2.07. The van der Waals surface area contributed by atoms with Crippen LogP contribution in [0.4, 0.5) is 0 Å². The zero-order chi connectivity index (χ0) is 13.1. The Balaban J connectivity index is 3.50. The van der Waals surface area contributed by atoms with Crippen molar-refractivity contribution in [1.29, 1.82) is 0 Å². The number of carbonyl (C=O) groups is 2. The van der Waals surface area contributed by atoms with E-state index in [1.54, 1.807) is 0 Å². The van der Waals surface area contributed by atoms with Crippen molar-refractivity contribution in [3.63, 3.8) is 0 Å². The molecule has 0 aliphatic heterocycles. The van der Waals surface area contributed by atoms with Gasteiger partial charge in [0.25, 0.3) is 0 Å². The predicted molar refractivity (Wildman–Crippen MR) is 63.6 cm³/mol. The molecule has 0 spiro atoms. The van der Waals surface area contributed by atoms with Crippen LogP contribution in [0, 0.1) is 0 Å². The maximum atomic E-state index is 11.1. The smallest absolute Gasteiger partial charge is 0.339 e. The van der Waals surface area contributed by atoms with Crippen LogP contribution in [0.3, 0.4) is 0 Å². The van der Waals surface area contributed by atoms with Gasteiger partial charge in [0.1, 0.15) is 12.6 Å². The molecule has 0 rings (SSSR count). The van der Waals surface area contributed by atoms with Crippen molar-refractivity contribution in [2.45, 2.75) is 6.04 Å². The van der Waals surface area contributed by atoms with Gasteiger partial charge in [-0.2, -0.15) is 12.6 Å². The molecule has 0 bridgehead atoms. The molecular formula is C9H18N2O5S. The summed E-state index contributed by atoms with van der Waals surface area (Å²) in [6.45, 7) is 1.09. The summed E-state index contributed by atoms with van der Waals surface area (Å²) in [6.07, 6.45) is 0. The van der Waals surface area contributed by atoms with Crippen LogP contribution >= 0.6 is 12.6 Å². The van der Waals surface area contributed by atoms with Gasteiger partial charge < -0.3 is 25.7 Å². The summed E-state index contributed by atoms with van der Waals surface area (Å²) in [7, 11) is 0. The standard InChI is InChI=1S/C9H18N2O5S/c10-1-2-14-3-4-15-5-8(12)16-9(13)7(11)6-17/h7,17H,1-6,10-11H2/t7-/m0/s1. The van der Waals surface area contributed by atoms with Crippen molar-refractivity contribution < 1.29 is 23.8 Å². The van der Waals surface area contributed by atoms with E-state index in [0.29, 0.717) is 19.8 Å². The summed E-state index contributed by atoms with van der Waals surface area (Å²) in [5.74, 6) is -1.49. The first-order valence-electron chi connectivity index (χ1n) is 5.08. The maximum absolute atomic E-state index is 11.1. The molecule has 8 heteroatoms. The molecule has 0 heterocycles. The Hall–Kier alpha value is -0.670. The molecule has 0 radical (unpaired) electrons. The lowest BCUT2D eigenvalue weighted by Crippen LogP contribution is -2.36. The molecule has 0 saturated heterocycles. The van der Waals surface area contributed by atoms with Crippen molar-refractivity contribution in [2.75, 3.05) is 38.7 Å². The molecule has 4 N–H and O–H groups in total. The molecule has 0 amide bonds. The number of carbonyl (C=O) groups excluding carboxylic acids is 2. The van der Waals surface area contributed by atoms with Crippen LogP contribution < -0.4 is 11.5 Å². The SMILES string of the molecule is NCCOCCOCC(=O)OC(=O)[C@@H](N)CS. The second-order valence-electron chi connectivity index (χ2n) is 3.04. The van der Waals surface area contributed by atoms with Crippen molar-refractivity contribution >= 4 is 24.6 Å². The number of esters is 2. The first kappa shape index (κ1) is 16.3. The van der Waals surface area contributed by atoms with E-state index in [0.717, 1.165) is 0 Å². The summed E-state index contributed by atoms with van der Waals surface area (Å²) >= 11 is 3.80. The van der Waals surface area contributed by atoms with Gasteiger partial charge in [0.2, 0.25) is 0 Å². The van der Waals surface area contributed by atoms with Crippen molar-refractivity contribution in [3.8, 4) is 0 Å². The van der Waals surface area contributed by atoms with Crippen molar-refractivity contribution in [1.82, 2.24) is 0 Å². The second kappa shape index (κ2) is 10.5. The van der Waals surface area contributed by atoms with Gasteiger partial charge >= 0.3 is 11.9 Å². The molecule has 0 aliphatic carbocycles. The third-order valence-electron chi connectivity index (χ3n) is 1.57. The van der Waals surface area contributed by atoms with Crippen LogP contribution in [0.25, 0.3) is 0 Å². The monoisotopic (exact) mass is 266 g/mol. The van der Waals surface area contributed by atoms with Crippen molar-refractivity contribution in [3.05, 3.63) is 0 Å².